The first-order valence-corrected chi connectivity index (χ1v) is 5.31. The fourth-order valence-electron chi connectivity index (χ4n) is 1.38. The van der Waals surface area contributed by atoms with Crippen LogP contribution in [0.5, 0.6) is 5.75 Å². The van der Waals surface area contributed by atoms with E-state index >= 15 is 0 Å². The van der Waals surface area contributed by atoms with Crippen molar-refractivity contribution in [3.05, 3.63) is 29.8 Å². The summed E-state index contributed by atoms with van der Waals surface area (Å²) in [5, 5.41) is 0. The summed E-state index contributed by atoms with van der Waals surface area (Å²) < 4.78 is 5.10. The van der Waals surface area contributed by atoms with Crippen LogP contribution < -0.4 is 4.74 Å². The molecule has 4 N–H and O–H groups in total. The largest absolute Gasteiger partial charge is 0.497 e. The number of hydrogen-bond donors (Lipinski definition) is 0. The second-order valence-electron chi connectivity index (χ2n) is 3.48. The lowest BCUT2D eigenvalue weighted by Gasteiger charge is -2.02. The Bertz CT molecular complexity index is 249. The van der Waals surface area contributed by atoms with E-state index in [4.69, 9.17) is 4.74 Å². The minimum absolute atomic E-state index is 0. The van der Waals surface area contributed by atoms with Crippen molar-refractivity contribution in [2.45, 2.75) is 32.4 Å². The molecular weight excluding hydrogens is 203 g/mol. The highest BCUT2D eigenvalue weighted by Crippen LogP contribution is 2.11. The van der Waals surface area contributed by atoms with Gasteiger partial charge in [0.05, 0.1) is 7.11 Å². The Labute approximate surface area is 98.7 Å². The Hall–Kier alpha value is -0.995. The van der Waals surface area contributed by atoms with Gasteiger partial charge in [-0.2, -0.15) is 0 Å². The minimum Gasteiger partial charge on any atom is -0.497 e. The average Bonchev–Trinajstić information content (AvgIpc) is 2.25. The molecule has 3 nitrogen and oxygen atoms in total. The third-order valence-electron chi connectivity index (χ3n) is 2.30. The molecule has 1 rings (SSSR count). The highest BCUT2D eigenvalue weighted by molar-refractivity contribution is 6.34. The predicted molar refractivity (Wildman–Crippen MR) is 69.4 cm³/mol. The maximum Gasteiger partial charge on any atom is 0.118 e. The molecule has 0 fully saturated rings. The lowest BCUT2D eigenvalue weighted by molar-refractivity contribution is 0.414. The van der Waals surface area contributed by atoms with Crippen molar-refractivity contribution in [2.24, 2.45) is 0 Å². The van der Waals surface area contributed by atoms with Crippen LogP contribution >= 0.6 is 0 Å². The summed E-state index contributed by atoms with van der Waals surface area (Å²) in [5.41, 5.74) is 1.36. The van der Waals surface area contributed by atoms with Gasteiger partial charge in [0.25, 0.3) is 0 Å². The first-order valence-electron chi connectivity index (χ1n) is 5.31. The lowest BCUT2D eigenvalue weighted by Crippen LogP contribution is -1.96. The normalized spacial score (nSPS) is 8.62. The summed E-state index contributed by atoms with van der Waals surface area (Å²) in [4.78, 5) is 0. The quantitative estimate of drug-likeness (QED) is 0.533. The second-order valence-corrected chi connectivity index (χ2v) is 3.48. The molecular formula is C12H22BO3. The van der Waals surface area contributed by atoms with Gasteiger partial charge < -0.3 is 15.7 Å². The summed E-state index contributed by atoms with van der Waals surface area (Å²) >= 11 is 0. The molecule has 1 radical (unpaired) electrons. The molecule has 0 aliphatic rings. The standard InChI is InChI=1S/C12H18BO.2H2O/c1-3-4-9-13-10-11-5-7-12(14-2)8-6-11;;/h5-8H,3-4,9-10H2,1-2H3;2*1H2. The number of ether oxygens (including phenoxy) is 1. The van der Waals surface area contributed by atoms with Crippen LogP contribution in [0.2, 0.25) is 6.32 Å². The molecule has 0 atom stereocenters. The summed E-state index contributed by atoms with van der Waals surface area (Å²) in [5.74, 6) is 0.933. The number of methoxy groups -OCH3 is 1. The predicted octanol–water partition coefficient (Wildman–Crippen LogP) is 1.47. The monoisotopic (exact) mass is 225 g/mol. The van der Waals surface area contributed by atoms with Gasteiger partial charge in [0.2, 0.25) is 0 Å². The lowest BCUT2D eigenvalue weighted by atomic mass is 9.68. The van der Waals surface area contributed by atoms with E-state index < -0.39 is 0 Å². The molecule has 1 aromatic rings. The third kappa shape index (κ3) is 6.48. The maximum atomic E-state index is 5.10. The van der Waals surface area contributed by atoms with E-state index in [1.54, 1.807) is 7.11 Å². The summed E-state index contributed by atoms with van der Waals surface area (Å²) in [6.07, 6.45) is 4.88. The van der Waals surface area contributed by atoms with Crippen molar-refractivity contribution in [1.29, 1.82) is 0 Å². The first-order chi connectivity index (χ1) is 6.86. The summed E-state index contributed by atoms with van der Waals surface area (Å²) in [6.45, 7) is 2.22. The highest BCUT2D eigenvalue weighted by atomic mass is 16.5. The van der Waals surface area contributed by atoms with Crippen LogP contribution in [0.3, 0.4) is 0 Å². The first kappa shape index (κ1) is 17.4. The molecule has 0 aliphatic heterocycles. The van der Waals surface area contributed by atoms with Gasteiger partial charge in [-0.15, -0.1) is 0 Å². The number of unbranched alkanes of at least 4 members (excludes halogenated alkanes) is 1. The van der Waals surface area contributed by atoms with Crippen LogP contribution in [-0.2, 0) is 6.32 Å². The Morgan fingerprint density at radius 1 is 1.12 bits per heavy atom. The van der Waals surface area contributed by atoms with Crippen LogP contribution in [0.25, 0.3) is 0 Å². The summed E-state index contributed by atoms with van der Waals surface area (Å²) in [7, 11) is 4.05. The number of benzene rings is 1. The fraction of sp³-hybridized carbons (Fsp3) is 0.500. The molecule has 4 heteroatoms. The van der Waals surface area contributed by atoms with E-state index in [1.165, 1.54) is 24.7 Å². The summed E-state index contributed by atoms with van der Waals surface area (Å²) in [6, 6.07) is 8.29. The van der Waals surface area contributed by atoms with Crippen molar-refractivity contribution in [1.82, 2.24) is 0 Å². The van der Waals surface area contributed by atoms with Crippen molar-refractivity contribution in [3.8, 4) is 5.75 Å². The van der Waals surface area contributed by atoms with Gasteiger partial charge in [-0.1, -0.05) is 50.1 Å². The van der Waals surface area contributed by atoms with Crippen LogP contribution in [0.1, 0.15) is 25.3 Å². The average molecular weight is 225 g/mol. The van der Waals surface area contributed by atoms with Gasteiger partial charge in [0.15, 0.2) is 0 Å². The van der Waals surface area contributed by atoms with Gasteiger partial charge in [0, 0.05) is 0 Å². The van der Waals surface area contributed by atoms with Crippen molar-refractivity contribution < 1.29 is 15.7 Å². The van der Waals surface area contributed by atoms with Crippen LogP contribution in [0.15, 0.2) is 24.3 Å². The molecule has 91 valence electrons. The van der Waals surface area contributed by atoms with E-state index in [-0.39, 0.29) is 11.0 Å². The van der Waals surface area contributed by atoms with Gasteiger partial charge in [0.1, 0.15) is 13.0 Å². The molecule has 0 unspecified atom stereocenters. The smallest absolute Gasteiger partial charge is 0.118 e. The highest BCUT2D eigenvalue weighted by Gasteiger charge is 1.95. The molecule has 0 aromatic heterocycles. The SMILES string of the molecule is CCCC[B]Cc1ccc(OC)cc1.O.O. The van der Waals surface area contributed by atoms with Gasteiger partial charge in [-0.25, -0.2) is 0 Å². The van der Waals surface area contributed by atoms with E-state index in [2.05, 4.69) is 26.3 Å². The third-order valence-corrected chi connectivity index (χ3v) is 2.30. The number of hydrogen-bond acceptors (Lipinski definition) is 1. The molecule has 0 spiro atoms. The zero-order valence-electron chi connectivity index (χ0n) is 10.1. The Kier molecular flexibility index (Phi) is 11.4. The van der Waals surface area contributed by atoms with Crippen molar-refractivity contribution >= 4 is 7.28 Å². The molecule has 0 heterocycles. The van der Waals surface area contributed by atoms with Crippen LogP contribution in [0.4, 0.5) is 0 Å². The molecule has 0 aliphatic carbocycles. The Balaban J connectivity index is 0. The minimum atomic E-state index is 0. The molecule has 0 saturated heterocycles. The van der Waals surface area contributed by atoms with Gasteiger partial charge in [-0.05, 0) is 12.1 Å². The molecule has 0 saturated carbocycles. The second kappa shape index (κ2) is 10.5. The zero-order valence-corrected chi connectivity index (χ0v) is 10.1. The van der Waals surface area contributed by atoms with Crippen LogP contribution in [-0.4, -0.2) is 25.3 Å². The molecule has 0 bridgehead atoms. The maximum absolute atomic E-state index is 5.10. The fourth-order valence-corrected chi connectivity index (χ4v) is 1.38. The molecule has 1 aromatic carbocycles. The van der Waals surface area contributed by atoms with Gasteiger partial charge >= 0.3 is 0 Å². The van der Waals surface area contributed by atoms with Crippen molar-refractivity contribution in [3.63, 3.8) is 0 Å². The van der Waals surface area contributed by atoms with Crippen LogP contribution in [0, 0.1) is 0 Å². The van der Waals surface area contributed by atoms with Gasteiger partial charge in [-0.3, -0.25) is 0 Å². The number of rotatable bonds is 6. The van der Waals surface area contributed by atoms with Crippen molar-refractivity contribution in [2.75, 3.05) is 7.11 Å². The van der Waals surface area contributed by atoms with E-state index in [9.17, 15) is 0 Å². The van der Waals surface area contributed by atoms with E-state index in [0.29, 0.717) is 0 Å². The van der Waals surface area contributed by atoms with E-state index in [0.717, 1.165) is 12.1 Å². The zero-order chi connectivity index (χ0) is 10.2. The van der Waals surface area contributed by atoms with E-state index in [1.807, 2.05) is 12.1 Å². The molecule has 16 heavy (non-hydrogen) atoms. The molecule has 0 amide bonds. The topological polar surface area (TPSA) is 72.2 Å². The Morgan fingerprint density at radius 2 is 1.75 bits per heavy atom. The Morgan fingerprint density at radius 3 is 2.25 bits per heavy atom.